The van der Waals surface area contributed by atoms with E-state index in [1.54, 1.807) is 7.05 Å². The first kappa shape index (κ1) is 9.24. The number of H-pyrrole nitrogens is 1. The fourth-order valence-electron chi connectivity index (χ4n) is 0.785. The van der Waals surface area contributed by atoms with Crippen LogP contribution in [0.5, 0.6) is 0 Å². The summed E-state index contributed by atoms with van der Waals surface area (Å²) in [6.07, 6.45) is 0. The predicted molar refractivity (Wildman–Crippen MR) is 45.7 cm³/mol. The minimum absolute atomic E-state index is 0.0180. The summed E-state index contributed by atoms with van der Waals surface area (Å²) in [5.41, 5.74) is -0.421. The third-order valence-electron chi connectivity index (χ3n) is 1.37. The van der Waals surface area contributed by atoms with E-state index in [2.05, 4.69) is 20.0 Å². The molecule has 1 aromatic rings. The van der Waals surface area contributed by atoms with Crippen LogP contribution in [0.3, 0.4) is 0 Å². The Hall–Kier alpha value is -1.85. The second-order valence-electron chi connectivity index (χ2n) is 2.22. The smallest absolute Gasteiger partial charge is 0.357 e. The van der Waals surface area contributed by atoms with E-state index < -0.39 is 11.5 Å². The molecule has 0 saturated heterocycles. The van der Waals surface area contributed by atoms with Gasteiger partial charge in [-0.25, -0.2) is 9.78 Å². The summed E-state index contributed by atoms with van der Waals surface area (Å²) < 4.78 is 4.41. The lowest BCUT2D eigenvalue weighted by atomic mass is 10.4. The minimum atomic E-state index is -0.636. The van der Waals surface area contributed by atoms with Crippen LogP contribution >= 0.6 is 0 Å². The molecule has 0 aromatic carbocycles. The van der Waals surface area contributed by atoms with Crippen molar-refractivity contribution in [3.63, 3.8) is 0 Å². The molecule has 0 radical (unpaired) electrons. The van der Waals surface area contributed by atoms with Gasteiger partial charge in [-0.2, -0.15) is 0 Å². The lowest BCUT2D eigenvalue weighted by Crippen LogP contribution is -2.15. The number of ether oxygens (including phenoxy) is 1. The van der Waals surface area contributed by atoms with Crippen molar-refractivity contribution in [2.45, 2.75) is 0 Å². The Morgan fingerprint density at radius 2 is 2.38 bits per heavy atom. The Kier molecular flexibility index (Phi) is 2.63. The van der Waals surface area contributed by atoms with Crippen molar-refractivity contribution in [1.29, 1.82) is 0 Å². The number of esters is 1. The molecule has 0 saturated carbocycles. The van der Waals surface area contributed by atoms with Gasteiger partial charge in [0, 0.05) is 13.1 Å². The first-order valence-electron chi connectivity index (χ1n) is 3.55. The number of aromatic nitrogens is 2. The van der Waals surface area contributed by atoms with E-state index in [-0.39, 0.29) is 11.6 Å². The molecule has 0 spiro atoms. The maximum Gasteiger partial charge on any atom is 0.357 e. The van der Waals surface area contributed by atoms with Crippen LogP contribution in [0.2, 0.25) is 0 Å². The number of hydrogen-bond donors (Lipinski definition) is 2. The molecule has 1 heterocycles. The van der Waals surface area contributed by atoms with Crippen LogP contribution < -0.4 is 10.9 Å². The van der Waals surface area contributed by atoms with Gasteiger partial charge in [0.05, 0.1) is 7.11 Å². The molecule has 70 valence electrons. The van der Waals surface area contributed by atoms with Crippen molar-refractivity contribution in [1.82, 2.24) is 9.97 Å². The third kappa shape index (κ3) is 2.05. The molecule has 6 heteroatoms. The van der Waals surface area contributed by atoms with Gasteiger partial charge in [0.25, 0.3) is 5.56 Å². The van der Waals surface area contributed by atoms with Crippen molar-refractivity contribution in [2.24, 2.45) is 0 Å². The highest BCUT2D eigenvalue weighted by molar-refractivity contribution is 5.87. The number of rotatable bonds is 2. The van der Waals surface area contributed by atoms with Gasteiger partial charge >= 0.3 is 5.97 Å². The third-order valence-corrected chi connectivity index (χ3v) is 1.37. The number of hydrogen-bond acceptors (Lipinski definition) is 5. The first-order chi connectivity index (χ1) is 6.17. The molecule has 0 unspecified atom stereocenters. The standard InChI is InChI=1S/C7H9N3O3/c1-8-7-9-4(6(12)13-2)3-5(11)10-7/h3H,1-2H3,(H2,8,9,10,11). The molecule has 0 atom stereocenters. The first-order valence-corrected chi connectivity index (χ1v) is 3.55. The lowest BCUT2D eigenvalue weighted by molar-refractivity contribution is 0.0594. The molecular weight excluding hydrogens is 174 g/mol. The molecule has 0 aliphatic rings. The quantitative estimate of drug-likeness (QED) is 0.609. The van der Waals surface area contributed by atoms with E-state index in [0.29, 0.717) is 0 Å². The monoisotopic (exact) mass is 183 g/mol. The lowest BCUT2D eigenvalue weighted by Gasteiger charge is -2.00. The summed E-state index contributed by atoms with van der Waals surface area (Å²) in [6.45, 7) is 0. The van der Waals surface area contributed by atoms with E-state index in [9.17, 15) is 9.59 Å². The number of nitrogens with one attached hydrogen (secondary N) is 2. The molecule has 0 aliphatic heterocycles. The van der Waals surface area contributed by atoms with Crippen molar-refractivity contribution >= 4 is 11.9 Å². The number of methoxy groups -OCH3 is 1. The van der Waals surface area contributed by atoms with Gasteiger partial charge in [-0.1, -0.05) is 0 Å². The largest absolute Gasteiger partial charge is 0.464 e. The number of aromatic amines is 1. The van der Waals surface area contributed by atoms with E-state index >= 15 is 0 Å². The van der Waals surface area contributed by atoms with Crippen LogP contribution in [0.25, 0.3) is 0 Å². The normalized spacial score (nSPS) is 9.38. The van der Waals surface area contributed by atoms with Crippen molar-refractivity contribution < 1.29 is 9.53 Å². The predicted octanol–water partition coefficient (Wildman–Crippen LogP) is -0.402. The fraction of sp³-hybridized carbons (Fsp3) is 0.286. The Morgan fingerprint density at radius 3 is 2.92 bits per heavy atom. The van der Waals surface area contributed by atoms with Crippen molar-refractivity contribution in [3.05, 3.63) is 22.1 Å². The summed E-state index contributed by atoms with van der Waals surface area (Å²) >= 11 is 0. The number of nitrogens with zero attached hydrogens (tertiary/aromatic N) is 1. The second kappa shape index (κ2) is 3.70. The average molecular weight is 183 g/mol. The van der Waals surface area contributed by atoms with Gasteiger partial charge in [-0.3, -0.25) is 9.78 Å². The highest BCUT2D eigenvalue weighted by Crippen LogP contribution is 1.97. The zero-order valence-electron chi connectivity index (χ0n) is 7.25. The van der Waals surface area contributed by atoms with E-state index in [4.69, 9.17) is 0 Å². The highest BCUT2D eigenvalue weighted by Gasteiger charge is 2.08. The molecule has 0 bridgehead atoms. The number of anilines is 1. The maximum atomic E-state index is 11.0. The summed E-state index contributed by atoms with van der Waals surface area (Å²) in [5, 5.41) is 2.61. The molecule has 0 aliphatic carbocycles. The minimum Gasteiger partial charge on any atom is -0.464 e. The molecule has 0 amide bonds. The van der Waals surface area contributed by atoms with Crippen LogP contribution in [-0.2, 0) is 4.74 Å². The molecule has 13 heavy (non-hydrogen) atoms. The van der Waals surface area contributed by atoms with Gasteiger partial charge < -0.3 is 10.1 Å². The molecule has 1 aromatic heterocycles. The van der Waals surface area contributed by atoms with Gasteiger partial charge in [0.15, 0.2) is 5.69 Å². The van der Waals surface area contributed by atoms with Gasteiger partial charge in [0.2, 0.25) is 5.95 Å². The van der Waals surface area contributed by atoms with Crippen LogP contribution in [-0.4, -0.2) is 30.1 Å². The summed E-state index contributed by atoms with van der Waals surface area (Å²) in [4.78, 5) is 28.1. The summed E-state index contributed by atoms with van der Waals surface area (Å²) in [5.74, 6) is -0.407. The topological polar surface area (TPSA) is 84.1 Å². The van der Waals surface area contributed by atoms with Crippen LogP contribution in [0.4, 0.5) is 5.95 Å². The zero-order valence-corrected chi connectivity index (χ0v) is 7.25. The van der Waals surface area contributed by atoms with Crippen LogP contribution in [0, 0.1) is 0 Å². The average Bonchev–Trinajstić information content (AvgIpc) is 2.15. The van der Waals surface area contributed by atoms with Crippen molar-refractivity contribution in [3.8, 4) is 0 Å². The highest BCUT2D eigenvalue weighted by atomic mass is 16.5. The van der Waals surface area contributed by atoms with Crippen molar-refractivity contribution in [2.75, 3.05) is 19.5 Å². The van der Waals surface area contributed by atoms with E-state index in [1.807, 2.05) is 0 Å². The number of carbonyl (C=O) groups is 1. The molecule has 2 N–H and O–H groups in total. The molecule has 0 fully saturated rings. The Bertz CT molecular complexity index is 371. The molecule has 6 nitrogen and oxygen atoms in total. The van der Waals surface area contributed by atoms with Gasteiger partial charge in [0.1, 0.15) is 0 Å². The van der Waals surface area contributed by atoms with E-state index in [0.717, 1.165) is 6.07 Å². The Morgan fingerprint density at radius 1 is 1.69 bits per heavy atom. The molecular formula is C7H9N3O3. The number of carbonyl (C=O) groups excluding carboxylic acids is 1. The molecule has 1 rings (SSSR count). The zero-order chi connectivity index (χ0) is 9.84. The van der Waals surface area contributed by atoms with Gasteiger partial charge in [-0.15, -0.1) is 0 Å². The fourth-order valence-corrected chi connectivity index (χ4v) is 0.785. The second-order valence-corrected chi connectivity index (χ2v) is 2.22. The van der Waals surface area contributed by atoms with Crippen LogP contribution in [0.15, 0.2) is 10.9 Å². The van der Waals surface area contributed by atoms with Gasteiger partial charge in [-0.05, 0) is 0 Å². The SMILES string of the molecule is CNc1nc(C(=O)OC)cc(=O)[nH]1. The summed E-state index contributed by atoms with van der Waals surface area (Å²) in [6, 6.07) is 1.08. The maximum absolute atomic E-state index is 11.0. The summed E-state index contributed by atoms with van der Waals surface area (Å²) in [7, 11) is 2.81. The Labute approximate surface area is 74.0 Å². The van der Waals surface area contributed by atoms with E-state index in [1.165, 1.54) is 7.11 Å². The Balaban J connectivity index is 3.16. The van der Waals surface area contributed by atoms with Crippen LogP contribution in [0.1, 0.15) is 10.5 Å².